The Morgan fingerprint density at radius 2 is 2.06 bits per heavy atom. The molecular weight excluding hydrogens is 430 g/mol. The lowest BCUT2D eigenvalue weighted by Crippen LogP contribution is -2.45. The van der Waals surface area contributed by atoms with Gasteiger partial charge in [-0.1, -0.05) is 30.3 Å². The van der Waals surface area contributed by atoms with E-state index < -0.39 is 0 Å². The number of ether oxygens (including phenoxy) is 1. The second kappa shape index (κ2) is 9.86. The summed E-state index contributed by atoms with van der Waals surface area (Å²) in [5, 5.41) is 3.43. The highest BCUT2D eigenvalue weighted by atomic mass is 16.6. The van der Waals surface area contributed by atoms with Crippen LogP contribution >= 0.6 is 0 Å². The molecule has 0 aliphatic carbocycles. The molecule has 0 spiro atoms. The van der Waals surface area contributed by atoms with Crippen molar-refractivity contribution in [2.75, 3.05) is 18.4 Å². The predicted octanol–water partition coefficient (Wildman–Crippen LogP) is 4.06. The molecule has 0 bridgehead atoms. The van der Waals surface area contributed by atoms with Gasteiger partial charge in [0.15, 0.2) is 0 Å². The Bertz CT molecular complexity index is 1260. The van der Waals surface area contributed by atoms with Crippen molar-refractivity contribution in [2.45, 2.75) is 32.4 Å². The number of amides is 1. The van der Waals surface area contributed by atoms with Crippen molar-refractivity contribution in [3.63, 3.8) is 0 Å². The first-order valence-electron chi connectivity index (χ1n) is 11.5. The monoisotopic (exact) mass is 457 g/mol. The van der Waals surface area contributed by atoms with E-state index in [1.807, 2.05) is 47.0 Å². The second-order valence-electron chi connectivity index (χ2n) is 8.54. The molecule has 5 rings (SSSR count). The second-order valence-corrected chi connectivity index (χ2v) is 8.54. The van der Waals surface area contributed by atoms with Crippen LogP contribution in [0.4, 0.5) is 10.7 Å². The molecule has 1 aliphatic heterocycles. The molecule has 4 aromatic rings. The third-order valence-electron chi connectivity index (χ3n) is 6.22. The van der Waals surface area contributed by atoms with Gasteiger partial charge in [0.2, 0.25) is 5.95 Å². The van der Waals surface area contributed by atoms with Crippen LogP contribution in [0.1, 0.15) is 25.3 Å². The van der Waals surface area contributed by atoms with Crippen LogP contribution in [0.2, 0.25) is 0 Å². The Balaban J connectivity index is 1.21. The molecule has 1 N–H and O–H groups in total. The Hall–Kier alpha value is -4.01. The van der Waals surface area contributed by atoms with Gasteiger partial charge in [-0.2, -0.15) is 4.98 Å². The van der Waals surface area contributed by atoms with E-state index in [2.05, 4.69) is 32.2 Å². The van der Waals surface area contributed by atoms with Gasteiger partial charge in [0, 0.05) is 31.5 Å². The highest BCUT2D eigenvalue weighted by Gasteiger charge is 2.28. The minimum atomic E-state index is -0.264. The molecule has 2 unspecified atom stereocenters. The van der Waals surface area contributed by atoms with Crippen LogP contribution in [-0.4, -0.2) is 54.6 Å². The average Bonchev–Trinajstić information content (AvgIpc) is 3.32. The van der Waals surface area contributed by atoms with E-state index in [1.54, 1.807) is 29.8 Å². The van der Waals surface area contributed by atoms with Crippen molar-refractivity contribution in [1.29, 1.82) is 0 Å². The summed E-state index contributed by atoms with van der Waals surface area (Å²) in [4.78, 5) is 32.1. The summed E-state index contributed by atoms with van der Waals surface area (Å²) in [5.41, 5.74) is 2.73. The molecule has 1 aromatic carbocycles. The van der Waals surface area contributed by atoms with E-state index in [0.29, 0.717) is 19.0 Å². The van der Waals surface area contributed by atoms with E-state index >= 15 is 0 Å². The number of carbonyl (C=O) groups is 1. The van der Waals surface area contributed by atoms with Crippen LogP contribution in [0, 0.1) is 5.92 Å². The van der Waals surface area contributed by atoms with Crippen LogP contribution in [0.5, 0.6) is 0 Å². The number of piperidine rings is 1. The summed E-state index contributed by atoms with van der Waals surface area (Å²) in [6, 6.07) is 13.5. The number of hydrogen-bond donors (Lipinski definition) is 1. The van der Waals surface area contributed by atoms with Gasteiger partial charge in [-0.25, -0.2) is 14.8 Å². The Morgan fingerprint density at radius 1 is 1.18 bits per heavy atom. The molecule has 1 fully saturated rings. The Labute approximate surface area is 197 Å². The number of anilines is 1. The fraction of sp³-hybridized carbons (Fsp3) is 0.320. The third-order valence-corrected chi connectivity index (χ3v) is 6.22. The summed E-state index contributed by atoms with van der Waals surface area (Å²) in [6.45, 7) is 3.74. The van der Waals surface area contributed by atoms with Gasteiger partial charge in [-0.3, -0.25) is 9.55 Å². The Morgan fingerprint density at radius 3 is 2.94 bits per heavy atom. The zero-order chi connectivity index (χ0) is 23.3. The maximum atomic E-state index is 12.6. The zero-order valence-electron chi connectivity index (χ0n) is 19.0. The van der Waals surface area contributed by atoms with Gasteiger partial charge >= 0.3 is 6.09 Å². The van der Waals surface area contributed by atoms with Crippen LogP contribution in [0.3, 0.4) is 0 Å². The SMILES string of the molecule is CC(Nc1nccc(-n2cnc3ccncc32)n1)C1CCCN(C(=O)OCc2ccccc2)C1. The number of nitrogens with one attached hydrogen (secondary N) is 1. The molecule has 9 heteroatoms. The summed E-state index contributed by atoms with van der Waals surface area (Å²) >= 11 is 0. The lowest BCUT2D eigenvalue weighted by Gasteiger charge is -2.35. The molecule has 3 aromatic heterocycles. The van der Waals surface area contributed by atoms with Crippen molar-refractivity contribution in [3.8, 4) is 5.82 Å². The van der Waals surface area contributed by atoms with Crippen LogP contribution < -0.4 is 5.32 Å². The Kier molecular flexibility index (Phi) is 6.33. The van der Waals surface area contributed by atoms with Gasteiger partial charge < -0.3 is 15.0 Å². The first-order valence-corrected chi connectivity index (χ1v) is 11.5. The number of nitrogens with zero attached hydrogens (tertiary/aromatic N) is 6. The smallest absolute Gasteiger partial charge is 0.410 e. The lowest BCUT2D eigenvalue weighted by atomic mass is 9.92. The zero-order valence-corrected chi connectivity index (χ0v) is 19.0. The summed E-state index contributed by atoms with van der Waals surface area (Å²) < 4.78 is 7.43. The summed E-state index contributed by atoms with van der Waals surface area (Å²) in [6.07, 6.45) is 8.66. The standard InChI is InChI=1S/C25H27N7O2/c1-18(20-8-5-13-31(15-20)25(33)34-16-19-6-3-2-4-7-19)29-24-27-12-10-23(30-24)32-17-28-21-9-11-26-14-22(21)32/h2-4,6-7,9-12,14,17-18,20H,5,8,13,15-16H2,1H3,(H,27,29,30). The fourth-order valence-electron chi connectivity index (χ4n) is 4.31. The molecule has 1 aliphatic rings. The fourth-order valence-corrected chi connectivity index (χ4v) is 4.31. The van der Waals surface area contributed by atoms with Crippen molar-refractivity contribution in [3.05, 3.63) is 72.9 Å². The number of pyridine rings is 1. The van der Waals surface area contributed by atoms with Gasteiger partial charge in [0.25, 0.3) is 0 Å². The summed E-state index contributed by atoms with van der Waals surface area (Å²) in [7, 11) is 0. The molecule has 174 valence electrons. The maximum Gasteiger partial charge on any atom is 0.410 e. The lowest BCUT2D eigenvalue weighted by molar-refractivity contribution is 0.0773. The van der Waals surface area contributed by atoms with E-state index in [-0.39, 0.29) is 24.7 Å². The van der Waals surface area contributed by atoms with Crippen LogP contribution in [0.15, 0.2) is 67.4 Å². The normalized spacial score (nSPS) is 16.9. The maximum absolute atomic E-state index is 12.6. The van der Waals surface area contributed by atoms with E-state index in [9.17, 15) is 4.79 Å². The highest BCUT2D eigenvalue weighted by molar-refractivity contribution is 5.75. The van der Waals surface area contributed by atoms with Crippen molar-refractivity contribution in [1.82, 2.24) is 29.4 Å². The number of likely N-dealkylation sites (tertiary alicyclic amines) is 1. The van der Waals surface area contributed by atoms with Gasteiger partial charge in [-0.05, 0) is 43.4 Å². The quantitative estimate of drug-likeness (QED) is 0.466. The van der Waals surface area contributed by atoms with Crippen molar-refractivity contribution >= 4 is 23.1 Å². The molecular formula is C25H27N7O2. The first kappa shape index (κ1) is 21.8. The number of carbonyl (C=O) groups excluding carboxylic acids is 1. The number of imidazole rings is 1. The largest absolute Gasteiger partial charge is 0.445 e. The van der Waals surface area contributed by atoms with Gasteiger partial charge in [0.05, 0.1) is 17.2 Å². The molecule has 9 nitrogen and oxygen atoms in total. The van der Waals surface area contributed by atoms with E-state index in [4.69, 9.17) is 4.74 Å². The van der Waals surface area contributed by atoms with Gasteiger partial charge in [0.1, 0.15) is 18.8 Å². The number of benzene rings is 1. The molecule has 0 radical (unpaired) electrons. The number of aromatic nitrogens is 5. The van der Waals surface area contributed by atoms with E-state index in [1.165, 1.54) is 0 Å². The number of hydrogen-bond acceptors (Lipinski definition) is 7. The number of rotatable bonds is 6. The van der Waals surface area contributed by atoms with Gasteiger partial charge in [-0.15, -0.1) is 0 Å². The van der Waals surface area contributed by atoms with E-state index in [0.717, 1.165) is 35.3 Å². The van der Waals surface area contributed by atoms with Crippen LogP contribution in [-0.2, 0) is 11.3 Å². The van der Waals surface area contributed by atoms with Crippen molar-refractivity contribution in [2.24, 2.45) is 5.92 Å². The first-order chi connectivity index (χ1) is 16.7. The molecule has 2 atom stereocenters. The molecule has 1 amide bonds. The molecule has 1 saturated heterocycles. The molecule has 0 saturated carbocycles. The molecule has 4 heterocycles. The minimum Gasteiger partial charge on any atom is -0.445 e. The molecule has 34 heavy (non-hydrogen) atoms. The summed E-state index contributed by atoms with van der Waals surface area (Å²) in [5.74, 6) is 1.53. The number of fused-ring (bicyclic) bond motifs is 1. The highest BCUT2D eigenvalue weighted by Crippen LogP contribution is 2.23. The van der Waals surface area contributed by atoms with Crippen molar-refractivity contribution < 1.29 is 9.53 Å². The average molecular weight is 458 g/mol. The predicted molar refractivity (Wildman–Crippen MR) is 128 cm³/mol. The topological polar surface area (TPSA) is 98.1 Å². The third kappa shape index (κ3) is 4.83. The minimum absolute atomic E-state index is 0.0844. The van der Waals surface area contributed by atoms with Crippen LogP contribution in [0.25, 0.3) is 16.9 Å².